The van der Waals surface area contributed by atoms with E-state index in [9.17, 15) is 13.2 Å². The van der Waals surface area contributed by atoms with Crippen molar-refractivity contribution in [3.05, 3.63) is 70.8 Å². The summed E-state index contributed by atoms with van der Waals surface area (Å²) in [6, 6.07) is 15.3. The molecule has 134 valence electrons. The van der Waals surface area contributed by atoms with E-state index in [4.69, 9.17) is 0 Å². The van der Waals surface area contributed by atoms with Crippen molar-refractivity contribution in [1.29, 1.82) is 0 Å². The van der Waals surface area contributed by atoms with Gasteiger partial charge in [-0.3, -0.25) is 4.79 Å². The highest BCUT2D eigenvalue weighted by Gasteiger charge is 2.13. The topological polar surface area (TPSA) is 66.5 Å². The second kappa shape index (κ2) is 8.27. The summed E-state index contributed by atoms with van der Waals surface area (Å²) in [7, 11) is -1.38. The molecule has 0 aliphatic carbocycles. The van der Waals surface area contributed by atoms with Gasteiger partial charge in [0.1, 0.15) is 0 Å². The number of nitrogens with one attached hydrogen (secondary N) is 1. The van der Waals surface area contributed by atoms with E-state index in [0.717, 1.165) is 22.9 Å². The Bertz CT molecular complexity index is 830. The SMILES string of the molecule is Cc1ccccc1CN(C)C(=O)c1ccc(CCNS(C)(=O)=O)cc1. The molecule has 1 N–H and O–H groups in total. The second-order valence-electron chi connectivity index (χ2n) is 6.20. The van der Waals surface area contributed by atoms with Crippen LogP contribution >= 0.6 is 0 Å². The lowest BCUT2D eigenvalue weighted by Gasteiger charge is -2.18. The minimum absolute atomic E-state index is 0.0379. The molecule has 0 aliphatic heterocycles. The van der Waals surface area contributed by atoms with E-state index in [1.165, 1.54) is 0 Å². The molecule has 0 radical (unpaired) electrons. The number of aryl methyl sites for hydroxylation is 1. The standard InChI is InChI=1S/C19H24N2O3S/c1-15-6-4-5-7-18(15)14-21(2)19(22)17-10-8-16(9-11-17)12-13-20-25(3,23)24/h4-11,20H,12-14H2,1-3H3. The molecular formula is C19H24N2O3S. The van der Waals surface area contributed by atoms with Crippen molar-refractivity contribution in [2.45, 2.75) is 19.9 Å². The van der Waals surface area contributed by atoms with Gasteiger partial charge in [-0.15, -0.1) is 0 Å². The Kier molecular flexibility index (Phi) is 6.33. The fraction of sp³-hybridized carbons (Fsp3) is 0.316. The van der Waals surface area contributed by atoms with Crippen LogP contribution in [0.2, 0.25) is 0 Å². The van der Waals surface area contributed by atoms with E-state index in [2.05, 4.69) is 4.72 Å². The van der Waals surface area contributed by atoms with E-state index < -0.39 is 10.0 Å². The van der Waals surface area contributed by atoms with Gasteiger partial charge < -0.3 is 4.90 Å². The van der Waals surface area contributed by atoms with Gasteiger partial charge in [-0.25, -0.2) is 13.1 Å². The van der Waals surface area contributed by atoms with Crippen molar-refractivity contribution in [3.8, 4) is 0 Å². The Labute approximate surface area is 149 Å². The van der Waals surface area contributed by atoms with Crippen molar-refractivity contribution >= 4 is 15.9 Å². The van der Waals surface area contributed by atoms with Crippen LogP contribution in [0.25, 0.3) is 0 Å². The van der Waals surface area contributed by atoms with Gasteiger partial charge in [0.2, 0.25) is 10.0 Å². The Balaban J connectivity index is 1.96. The van der Waals surface area contributed by atoms with Gasteiger partial charge in [0, 0.05) is 25.7 Å². The molecule has 2 aromatic rings. The number of rotatable bonds is 7. The largest absolute Gasteiger partial charge is 0.337 e. The molecule has 5 nitrogen and oxygen atoms in total. The molecule has 0 bridgehead atoms. The summed E-state index contributed by atoms with van der Waals surface area (Å²) in [5.74, 6) is -0.0379. The highest BCUT2D eigenvalue weighted by Crippen LogP contribution is 2.13. The van der Waals surface area contributed by atoms with Gasteiger partial charge in [-0.1, -0.05) is 36.4 Å². The molecule has 0 atom stereocenters. The maximum Gasteiger partial charge on any atom is 0.253 e. The maximum atomic E-state index is 12.6. The van der Waals surface area contributed by atoms with E-state index >= 15 is 0 Å². The summed E-state index contributed by atoms with van der Waals surface area (Å²) in [5, 5.41) is 0. The van der Waals surface area contributed by atoms with Gasteiger partial charge in [0.25, 0.3) is 5.91 Å². The lowest BCUT2D eigenvalue weighted by Crippen LogP contribution is -2.26. The first-order chi connectivity index (χ1) is 11.8. The van der Waals surface area contributed by atoms with Crippen LogP contribution in [0.4, 0.5) is 0 Å². The molecule has 0 fully saturated rings. The van der Waals surface area contributed by atoms with Crippen LogP contribution in [0.5, 0.6) is 0 Å². The minimum atomic E-state index is -3.17. The van der Waals surface area contributed by atoms with E-state index in [1.54, 1.807) is 24.1 Å². The molecule has 2 rings (SSSR count). The normalized spacial score (nSPS) is 11.3. The smallest absolute Gasteiger partial charge is 0.253 e. The second-order valence-corrected chi connectivity index (χ2v) is 8.03. The number of carbonyl (C=O) groups excluding carboxylic acids is 1. The summed E-state index contributed by atoms with van der Waals surface area (Å²) in [4.78, 5) is 14.2. The first-order valence-corrected chi connectivity index (χ1v) is 9.99. The summed E-state index contributed by atoms with van der Waals surface area (Å²) in [6.45, 7) is 2.94. The highest BCUT2D eigenvalue weighted by molar-refractivity contribution is 7.88. The maximum absolute atomic E-state index is 12.6. The molecular weight excluding hydrogens is 336 g/mol. The molecule has 0 heterocycles. The molecule has 0 unspecified atom stereocenters. The van der Waals surface area contributed by atoms with Crippen molar-refractivity contribution in [2.24, 2.45) is 0 Å². The summed E-state index contributed by atoms with van der Waals surface area (Å²) >= 11 is 0. The Morgan fingerprint density at radius 1 is 1.08 bits per heavy atom. The molecule has 0 aliphatic rings. The average Bonchev–Trinajstić information content (AvgIpc) is 2.56. The van der Waals surface area contributed by atoms with Gasteiger partial charge in [0.05, 0.1) is 6.26 Å². The van der Waals surface area contributed by atoms with E-state index in [0.29, 0.717) is 25.1 Å². The van der Waals surface area contributed by atoms with Gasteiger partial charge in [0.15, 0.2) is 0 Å². The van der Waals surface area contributed by atoms with Crippen LogP contribution in [-0.4, -0.2) is 39.1 Å². The summed E-state index contributed by atoms with van der Waals surface area (Å²) < 4.78 is 24.6. The molecule has 0 saturated heterocycles. The van der Waals surface area contributed by atoms with Crippen molar-refractivity contribution in [2.75, 3.05) is 19.8 Å². The summed E-state index contributed by atoms with van der Waals surface area (Å²) in [5.41, 5.74) is 3.89. The predicted molar refractivity (Wildman–Crippen MR) is 100.0 cm³/mol. The zero-order valence-corrected chi connectivity index (χ0v) is 15.6. The average molecular weight is 360 g/mol. The third-order valence-corrected chi connectivity index (χ3v) is 4.72. The quantitative estimate of drug-likeness (QED) is 0.824. The predicted octanol–water partition coefficient (Wildman–Crippen LogP) is 2.36. The van der Waals surface area contributed by atoms with Crippen LogP contribution in [0.15, 0.2) is 48.5 Å². The monoisotopic (exact) mass is 360 g/mol. The van der Waals surface area contributed by atoms with Crippen molar-refractivity contribution in [1.82, 2.24) is 9.62 Å². The molecule has 6 heteroatoms. The summed E-state index contributed by atoms with van der Waals surface area (Å²) in [6.07, 6.45) is 1.72. The zero-order valence-electron chi connectivity index (χ0n) is 14.8. The number of sulfonamides is 1. The van der Waals surface area contributed by atoms with Crippen LogP contribution in [0, 0.1) is 6.92 Å². The first-order valence-electron chi connectivity index (χ1n) is 8.10. The lowest BCUT2D eigenvalue weighted by atomic mass is 10.1. The third-order valence-electron chi connectivity index (χ3n) is 3.99. The molecule has 2 aromatic carbocycles. The van der Waals surface area contributed by atoms with Crippen molar-refractivity contribution in [3.63, 3.8) is 0 Å². The van der Waals surface area contributed by atoms with Crippen LogP contribution < -0.4 is 4.72 Å². The Morgan fingerprint density at radius 3 is 2.32 bits per heavy atom. The molecule has 0 saturated carbocycles. The Morgan fingerprint density at radius 2 is 1.72 bits per heavy atom. The number of hydrogen-bond acceptors (Lipinski definition) is 3. The third kappa shape index (κ3) is 5.99. The van der Waals surface area contributed by atoms with Gasteiger partial charge in [-0.05, 0) is 42.2 Å². The number of nitrogens with zero attached hydrogens (tertiary/aromatic N) is 1. The van der Waals surface area contributed by atoms with Crippen LogP contribution in [0.3, 0.4) is 0 Å². The van der Waals surface area contributed by atoms with Crippen LogP contribution in [-0.2, 0) is 23.0 Å². The minimum Gasteiger partial charge on any atom is -0.337 e. The number of amides is 1. The molecule has 0 aromatic heterocycles. The first kappa shape index (κ1) is 19.1. The van der Waals surface area contributed by atoms with Gasteiger partial charge in [-0.2, -0.15) is 0 Å². The fourth-order valence-electron chi connectivity index (χ4n) is 2.53. The number of hydrogen-bond donors (Lipinski definition) is 1. The van der Waals surface area contributed by atoms with Crippen molar-refractivity contribution < 1.29 is 13.2 Å². The molecule has 25 heavy (non-hydrogen) atoms. The van der Waals surface area contributed by atoms with Crippen LogP contribution in [0.1, 0.15) is 27.0 Å². The fourth-order valence-corrected chi connectivity index (χ4v) is 3.00. The lowest BCUT2D eigenvalue weighted by molar-refractivity contribution is 0.0785. The Hall–Kier alpha value is -2.18. The highest BCUT2D eigenvalue weighted by atomic mass is 32.2. The van der Waals surface area contributed by atoms with E-state index in [-0.39, 0.29) is 5.91 Å². The number of carbonyl (C=O) groups is 1. The molecule has 1 amide bonds. The zero-order chi connectivity index (χ0) is 18.4. The number of benzene rings is 2. The van der Waals surface area contributed by atoms with Gasteiger partial charge >= 0.3 is 0 Å². The van der Waals surface area contributed by atoms with E-state index in [1.807, 2.05) is 43.3 Å². The molecule has 0 spiro atoms.